The molecule has 120 valence electrons. The Morgan fingerprint density at radius 3 is 2.82 bits per heavy atom. The topological polar surface area (TPSA) is 55.6 Å². The monoisotopic (exact) mass is 321 g/mol. The minimum absolute atomic E-state index is 0.255. The number of methoxy groups -OCH3 is 1. The van der Waals surface area contributed by atoms with Gasteiger partial charge in [-0.05, 0) is 32.4 Å². The van der Waals surface area contributed by atoms with Gasteiger partial charge in [0.2, 0.25) is 0 Å². The lowest BCUT2D eigenvalue weighted by molar-refractivity contribution is 0.187. The van der Waals surface area contributed by atoms with Crippen LogP contribution >= 0.6 is 11.3 Å². The SMILES string of the molecule is CCC(C)(C)NC(=O)/N=c1\sc2ccccc2n1CCOC. The molecule has 1 aromatic heterocycles. The van der Waals surface area contributed by atoms with Gasteiger partial charge in [0.1, 0.15) is 0 Å². The van der Waals surface area contributed by atoms with Gasteiger partial charge in [-0.2, -0.15) is 4.99 Å². The zero-order chi connectivity index (χ0) is 16.2. The number of urea groups is 1. The maximum Gasteiger partial charge on any atom is 0.344 e. The molecule has 2 rings (SSSR count). The van der Waals surface area contributed by atoms with Gasteiger partial charge in [-0.3, -0.25) is 0 Å². The van der Waals surface area contributed by atoms with Gasteiger partial charge in [0.25, 0.3) is 0 Å². The number of hydrogen-bond donors (Lipinski definition) is 1. The second kappa shape index (κ2) is 7.07. The summed E-state index contributed by atoms with van der Waals surface area (Å²) in [6.07, 6.45) is 0.852. The smallest absolute Gasteiger partial charge is 0.344 e. The largest absolute Gasteiger partial charge is 0.383 e. The van der Waals surface area contributed by atoms with Gasteiger partial charge in [0, 0.05) is 19.2 Å². The summed E-state index contributed by atoms with van der Waals surface area (Å²) in [5.74, 6) is 0. The number of amides is 2. The van der Waals surface area contributed by atoms with Crippen molar-refractivity contribution in [3.63, 3.8) is 0 Å². The standard InChI is InChI=1S/C16H23N3O2S/c1-5-16(2,3)18-14(20)17-15-19(10-11-21-4)12-8-6-7-9-13(12)22-15/h6-9H,5,10-11H2,1-4H3,(H,18,20)/b17-15-. The number of ether oxygens (including phenoxy) is 1. The van der Waals surface area contributed by atoms with Crippen molar-refractivity contribution >= 4 is 27.6 Å². The van der Waals surface area contributed by atoms with E-state index in [4.69, 9.17) is 4.74 Å². The summed E-state index contributed by atoms with van der Waals surface area (Å²) in [7, 11) is 1.67. The quantitative estimate of drug-likeness (QED) is 0.920. The lowest BCUT2D eigenvalue weighted by atomic mass is 10.0. The molecule has 0 unspecified atom stereocenters. The van der Waals surface area contributed by atoms with Crippen molar-refractivity contribution in [1.82, 2.24) is 9.88 Å². The summed E-state index contributed by atoms with van der Waals surface area (Å²) in [6, 6.07) is 7.75. The Bertz CT molecular complexity index is 715. The number of para-hydroxylation sites is 1. The van der Waals surface area contributed by atoms with Crippen molar-refractivity contribution in [3.05, 3.63) is 29.1 Å². The van der Waals surface area contributed by atoms with E-state index in [1.165, 1.54) is 11.3 Å². The molecule has 0 aliphatic rings. The van der Waals surface area contributed by atoms with E-state index in [-0.39, 0.29) is 11.6 Å². The number of carbonyl (C=O) groups excluding carboxylic acids is 1. The Labute approximate surface area is 134 Å². The average molecular weight is 321 g/mol. The Kier molecular flexibility index (Phi) is 5.37. The molecule has 1 N–H and O–H groups in total. The summed E-state index contributed by atoms with van der Waals surface area (Å²) in [6.45, 7) is 7.27. The number of aromatic nitrogens is 1. The first kappa shape index (κ1) is 16.7. The molecular formula is C16H23N3O2S. The molecule has 0 fully saturated rings. The highest BCUT2D eigenvalue weighted by molar-refractivity contribution is 7.16. The minimum atomic E-state index is -0.301. The van der Waals surface area contributed by atoms with Crippen molar-refractivity contribution < 1.29 is 9.53 Å². The fourth-order valence-corrected chi connectivity index (χ4v) is 3.05. The summed E-state index contributed by atoms with van der Waals surface area (Å²) in [5.41, 5.74) is 0.820. The normalized spacial score (nSPS) is 12.8. The maximum absolute atomic E-state index is 12.2. The predicted octanol–water partition coefficient (Wildman–Crippen LogP) is 3.15. The third kappa shape index (κ3) is 3.96. The molecular weight excluding hydrogens is 298 g/mol. The molecule has 6 heteroatoms. The zero-order valence-electron chi connectivity index (χ0n) is 13.5. The molecule has 2 amide bonds. The van der Waals surface area contributed by atoms with Gasteiger partial charge in [-0.1, -0.05) is 30.4 Å². The Morgan fingerprint density at radius 1 is 1.41 bits per heavy atom. The van der Waals surface area contributed by atoms with E-state index < -0.39 is 0 Å². The van der Waals surface area contributed by atoms with Crippen molar-refractivity contribution in [2.24, 2.45) is 4.99 Å². The summed E-state index contributed by atoms with van der Waals surface area (Å²) < 4.78 is 8.30. The molecule has 0 aliphatic carbocycles. The van der Waals surface area contributed by atoms with Gasteiger partial charge in [0.05, 0.1) is 16.8 Å². The predicted molar refractivity (Wildman–Crippen MR) is 90.2 cm³/mol. The Balaban J connectivity index is 2.40. The lowest BCUT2D eigenvalue weighted by Crippen LogP contribution is -2.42. The molecule has 0 atom stereocenters. The number of nitrogens with zero attached hydrogens (tertiary/aromatic N) is 2. The van der Waals surface area contributed by atoms with Crippen LogP contribution in [0.1, 0.15) is 27.2 Å². The maximum atomic E-state index is 12.2. The van der Waals surface area contributed by atoms with Crippen LogP contribution in [-0.4, -0.2) is 29.9 Å². The van der Waals surface area contributed by atoms with Crippen LogP contribution in [0.4, 0.5) is 4.79 Å². The van der Waals surface area contributed by atoms with Gasteiger partial charge >= 0.3 is 6.03 Å². The van der Waals surface area contributed by atoms with E-state index in [2.05, 4.69) is 10.3 Å². The van der Waals surface area contributed by atoms with E-state index in [0.29, 0.717) is 18.0 Å². The van der Waals surface area contributed by atoms with Crippen molar-refractivity contribution in [2.45, 2.75) is 39.3 Å². The number of carbonyl (C=O) groups is 1. The molecule has 0 radical (unpaired) electrons. The minimum Gasteiger partial charge on any atom is -0.383 e. The van der Waals surface area contributed by atoms with Gasteiger partial charge < -0.3 is 14.6 Å². The van der Waals surface area contributed by atoms with Gasteiger partial charge in [0.15, 0.2) is 4.80 Å². The molecule has 1 heterocycles. The molecule has 0 saturated heterocycles. The second-order valence-electron chi connectivity index (χ2n) is 5.78. The first-order valence-corrected chi connectivity index (χ1v) is 8.22. The second-order valence-corrected chi connectivity index (χ2v) is 6.79. The average Bonchev–Trinajstić information content (AvgIpc) is 2.81. The molecule has 1 aromatic carbocycles. The third-order valence-corrected chi connectivity index (χ3v) is 4.69. The van der Waals surface area contributed by atoms with Crippen molar-refractivity contribution in [1.29, 1.82) is 0 Å². The fraction of sp³-hybridized carbons (Fsp3) is 0.500. The van der Waals surface area contributed by atoms with Gasteiger partial charge in [-0.15, -0.1) is 0 Å². The highest BCUT2D eigenvalue weighted by atomic mass is 32.1. The number of benzene rings is 1. The van der Waals surface area contributed by atoms with E-state index in [0.717, 1.165) is 16.6 Å². The first-order valence-electron chi connectivity index (χ1n) is 7.41. The van der Waals surface area contributed by atoms with Crippen LogP contribution in [0.2, 0.25) is 0 Å². The lowest BCUT2D eigenvalue weighted by Gasteiger charge is -2.22. The molecule has 0 aliphatic heterocycles. The van der Waals surface area contributed by atoms with Crippen LogP contribution in [-0.2, 0) is 11.3 Å². The zero-order valence-corrected chi connectivity index (χ0v) is 14.4. The number of rotatable bonds is 5. The Hall–Kier alpha value is -1.66. The number of nitrogens with one attached hydrogen (secondary N) is 1. The first-order chi connectivity index (χ1) is 10.5. The number of hydrogen-bond acceptors (Lipinski definition) is 3. The molecule has 0 bridgehead atoms. The summed E-state index contributed by atoms with van der Waals surface area (Å²) >= 11 is 1.52. The molecule has 0 saturated carbocycles. The number of fused-ring (bicyclic) bond motifs is 1. The van der Waals surface area contributed by atoms with Crippen LogP contribution in [0, 0.1) is 0 Å². The van der Waals surface area contributed by atoms with E-state index >= 15 is 0 Å². The summed E-state index contributed by atoms with van der Waals surface area (Å²) in [5, 5.41) is 2.94. The van der Waals surface area contributed by atoms with Crippen LogP contribution in [0.25, 0.3) is 10.2 Å². The van der Waals surface area contributed by atoms with Crippen LogP contribution in [0.15, 0.2) is 29.3 Å². The number of thiazole rings is 1. The van der Waals surface area contributed by atoms with E-state index in [1.54, 1.807) is 7.11 Å². The van der Waals surface area contributed by atoms with Crippen LogP contribution < -0.4 is 10.1 Å². The van der Waals surface area contributed by atoms with E-state index in [9.17, 15) is 4.79 Å². The molecule has 2 aromatic rings. The third-order valence-electron chi connectivity index (χ3n) is 3.63. The highest BCUT2D eigenvalue weighted by Gasteiger charge is 2.17. The van der Waals surface area contributed by atoms with Gasteiger partial charge in [-0.25, -0.2) is 4.79 Å². The highest BCUT2D eigenvalue weighted by Crippen LogP contribution is 2.16. The molecule has 0 spiro atoms. The van der Waals surface area contributed by atoms with Crippen molar-refractivity contribution in [3.8, 4) is 0 Å². The van der Waals surface area contributed by atoms with Crippen LogP contribution in [0.5, 0.6) is 0 Å². The fourth-order valence-electron chi connectivity index (χ4n) is 2.00. The van der Waals surface area contributed by atoms with Crippen LogP contribution in [0.3, 0.4) is 0 Å². The van der Waals surface area contributed by atoms with Crippen molar-refractivity contribution in [2.75, 3.05) is 13.7 Å². The Morgan fingerprint density at radius 2 is 2.14 bits per heavy atom. The summed E-state index contributed by atoms with van der Waals surface area (Å²) in [4.78, 5) is 17.1. The molecule has 5 nitrogen and oxygen atoms in total. The molecule has 22 heavy (non-hydrogen) atoms. The van der Waals surface area contributed by atoms with E-state index in [1.807, 2.05) is 49.6 Å².